The third-order valence-corrected chi connectivity index (χ3v) is 2.73. The molecule has 0 aliphatic rings. The summed E-state index contributed by atoms with van der Waals surface area (Å²) in [5.41, 5.74) is 1.41. The van der Waals surface area contributed by atoms with Gasteiger partial charge in [0.05, 0.1) is 0 Å². The second-order valence-electron chi connectivity index (χ2n) is 3.59. The van der Waals surface area contributed by atoms with Crippen molar-refractivity contribution in [3.63, 3.8) is 0 Å². The Balaban J connectivity index is 2.64. The van der Waals surface area contributed by atoms with E-state index in [0.717, 1.165) is 17.4 Å². The van der Waals surface area contributed by atoms with E-state index in [2.05, 4.69) is 5.32 Å². The molecule has 0 radical (unpaired) electrons. The van der Waals surface area contributed by atoms with Gasteiger partial charge in [-0.3, -0.25) is 4.79 Å². The Kier molecular flexibility index (Phi) is 6.00. The third kappa shape index (κ3) is 5.54. The first-order valence-electron chi connectivity index (χ1n) is 5.41. The highest BCUT2D eigenvalue weighted by Gasteiger charge is 2.01. The lowest BCUT2D eigenvalue weighted by Gasteiger charge is -2.05. The van der Waals surface area contributed by atoms with Crippen LogP contribution in [-0.4, -0.2) is 29.0 Å². The zero-order valence-electron chi connectivity index (χ0n) is 10.1. The van der Waals surface area contributed by atoms with Crippen LogP contribution in [-0.2, 0) is 9.59 Å². The summed E-state index contributed by atoms with van der Waals surface area (Å²) in [7, 11) is 0. The van der Waals surface area contributed by atoms with Gasteiger partial charge in [-0.1, -0.05) is 12.1 Å². The van der Waals surface area contributed by atoms with Crippen LogP contribution >= 0.6 is 11.8 Å². The zero-order chi connectivity index (χ0) is 13.4. The number of hydrogen-bond acceptors (Lipinski definition) is 3. The Bertz CT molecular complexity index is 457. The normalized spacial score (nSPS) is 10.5. The van der Waals surface area contributed by atoms with E-state index < -0.39 is 5.97 Å². The van der Waals surface area contributed by atoms with Crippen molar-refractivity contribution in [3.05, 3.63) is 35.9 Å². The summed E-state index contributed by atoms with van der Waals surface area (Å²) in [4.78, 5) is 21.9. The molecule has 1 aromatic rings. The van der Waals surface area contributed by atoms with Gasteiger partial charge in [-0.2, -0.15) is 11.8 Å². The number of carbonyl (C=O) groups excluding carboxylic acids is 1. The van der Waals surface area contributed by atoms with E-state index >= 15 is 0 Å². The van der Waals surface area contributed by atoms with Gasteiger partial charge in [0.1, 0.15) is 0 Å². The van der Waals surface area contributed by atoms with Gasteiger partial charge in [0, 0.05) is 23.9 Å². The number of hydrogen-bond donors (Lipinski definition) is 2. The van der Waals surface area contributed by atoms with Gasteiger partial charge < -0.3 is 10.4 Å². The Morgan fingerprint density at radius 2 is 2.22 bits per heavy atom. The van der Waals surface area contributed by atoms with Crippen LogP contribution in [0.5, 0.6) is 0 Å². The number of nitrogens with one attached hydrogen (secondary N) is 1. The number of amides is 1. The van der Waals surface area contributed by atoms with E-state index in [4.69, 9.17) is 5.11 Å². The molecule has 4 nitrogen and oxygen atoms in total. The van der Waals surface area contributed by atoms with Crippen molar-refractivity contribution in [3.8, 4) is 0 Å². The fraction of sp³-hybridized carbons (Fsp3) is 0.231. The molecule has 0 heterocycles. The van der Waals surface area contributed by atoms with Crippen molar-refractivity contribution in [2.45, 2.75) is 6.42 Å². The highest BCUT2D eigenvalue weighted by molar-refractivity contribution is 7.98. The van der Waals surface area contributed by atoms with Crippen LogP contribution in [0.2, 0.25) is 0 Å². The average Bonchev–Trinajstić information content (AvgIpc) is 2.34. The lowest BCUT2D eigenvalue weighted by molar-refractivity contribution is -0.131. The van der Waals surface area contributed by atoms with Crippen LogP contribution in [0.25, 0.3) is 6.08 Å². The van der Waals surface area contributed by atoms with Crippen LogP contribution in [0.15, 0.2) is 30.3 Å². The average molecular weight is 265 g/mol. The molecule has 0 saturated carbocycles. The molecule has 1 aromatic carbocycles. The molecule has 1 rings (SSSR count). The predicted molar refractivity (Wildman–Crippen MR) is 74.7 cm³/mol. The van der Waals surface area contributed by atoms with Crippen molar-refractivity contribution in [2.24, 2.45) is 0 Å². The molecule has 0 bridgehead atoms. The Hall–Kier alpha value is -1.75. The number of thioether (sulfide) groups is 1. The van der Waals surface area contributed by atoms with Crippen LogP contribution in [0.4, 0.5) is 5.69 Å². The Labute approximate surface area is 110 Å². The monoisotopic (exact) mass is 265 g/mol. The van der Waals surface area contributed by atoms with E-state index in [1.807, 2.05) is 6.26 Å². The van der Waals surface area contributed by atoms with E-state index in [0.29, 0.717) is 12.1 Å². The molecule has 0 unspecified atom stereocenters. The van der Waals surface area contributed by atoms with Gasteiger partial charge in [0.15, 0.2) is 0 Å². The fourth-order valence-corrected chi connectivity index (χ4v) is 1.70. The highest BCUT2D eigenvalue weighted by atomic mass is 32.2. The van der Waals surface area contributed by atoms with Gasteiger partial charge >= 0.3 is 5.97 Å². The van der Waals surface area contributed by atoms with Crippen molar-refractivity contribution >= 4 is 35.4 Å². The van der Waals surface area contributed by atoms with Crippen LogP contribution < -0.4 is 5.32 Å². The standard InChI is InChI=1S/C13H15NO3S/c1-18-8-7-12(15)14-11-4-2-3-10(9-11)5-6-13(16)17/h2-6,9H,7-8H2,1H3,(H,14,15)(H,16,17)/b6-5+. The van der Waals surface area contributed by atoms with Crippen LogP contribution in [0.3, 0.4) is 0 Å². The smallest absolute Gasteiger partial charge is 0.328 e. The molecule has 2 N–H and O–H groups in total. The quantitative estimate of drug-likeness (QED) is 0.775. The molecule has 5 heteroatoms. The molecule has 0 spiro atoms. The molecular formula is C13H15NO3S. The molecule has 0 saturated heterocycles. The first-order chi connectivity index (χ1) is 8.61. The number of aliphatic carboxylic acids is 1. The van der Waals surface area contributed by atoms with Gasteiger partial charge in [-0.15, -0.1) is 0 Å². The minimum absolute atomic E-state index is 0.0382. The minimum Gasteiger partial charge on any atom is -0.478 e. The maximum atomic E-state index is 11.5. The summed E-state index contributed by atoms with van der Waals surface area (Å²) < 4.78 is 0. The number of carbonyl (C=O) groups is 2. The van der Waals surface area contributed by atoms with Gasteiger partial charge in [-0.05, 0) is 30.0 Å². The van der Waals surface area contributed by atoms with Gasteiger partial charge in [0.2, 0.25) is 5.91 Å². The molecular weight excluding hydrogens is 250 g/mol. The summed E-state index contributed by atoms with van der Waals surface area (Å²) in [5.74, 6) is -0.252. The number of rotatable bonds is 6. The zero-order valence-corrected chi connectivity index (χ0v) is 10.9. The number of benzene rings is 1. The van der Waals surface area contributed by atoms with Crippen molar-refractivity contribution < 1.29 is 14.7 Å². The maximum Gasteiger partial charge on any atom is 0.328 e. The first kappa shape index (κ1) is 14.3. The summed E-state index contributed by atoms with van der Waals surface area (Å²) in [6.45, 7) is 0. The number of carboxylic acid groups (broad SMARTS) is 1. The maximum absolute atomic E-state index is 11.5. The van der Waals surface area contributed by atoms with E-state index in [-0.39, 0.29) is 5.91 Å². The predicted octanol–water partition coefficient (Wildman–Crippen LogP) is 2.48. The molecule has 0 aliphatic heterocycles. The lowest BCUT2D eigenvalue weighted by atomic mass is 10.2. The minimum atomic E-state index is -0.996. The third-order valence-electron chi connectivity index (χ3n) is 2.12. The highest BCUT2D eigenvalue weighted by Crippen LogP contribution is 2.12. The van der Waals surface area contributed by atoms with E-state index in [1.54, 1.807) is 36.0 Å². The lowest BCUT2D eigenvalue weighted by Crippen LogP contribution is -2.12. The van der Waals surface area contributed by atoms with E-state index in [1.165, 1.54) is 6.08 Å². The topological polar surface area (TPSA) is 66.4 Å². The second-order valence-corrected chi connectivity index (χ2v) is 4.57. The van der Waals surface area contributed by atoms with Crippen molar-refractivity contribution in [1.29, 1.82) is 0 Å². The summed E-state index contributed by atoms with van der Waals surface area (Å²) in [6, 6.07) is 7.05. The van der Waals surface area contributed by atoms with Gasteiger partial charge in [0.25, 0.3) is 0 Å². The Morgan fingerprint density at radius 1 is 1.44 bits per heavy atom. The largest absolute Gasteiger partial charge is 0.478 e. The SMILES string of the molecule is CSCCC(=O)Nc1cccc(/C=C/C(=O)O)c1. The number of carboxylic acids is 1. The van der Waals surface area contributed by atoms with Crippen LogP contribution in [0.1, 0.15) is 12.0 Å². The number of anilines is 1. The van der Waals surface area contributed by atoms with E-state index in [9.17, 15) is 9.59 Å². The van der Waals surface area contributed by atoms with Crippen molar-refractivity contribution in [1.82, 2.24) is 0 Å². The summed E-state index contributed by atoms with van der Waals surface area (Å²) >= 11 is 1.62. The Morgan fingerprint density at radius 3 is 2.89 bits per heavy atom. The molecule has 0 atom stereocenters. The van der Waals surface area contributed by atoms with Gasteiger partial charge in [-0.25, -0.2) is 4.79 Å². The van der Waals surface area contributed by atoms with Crippen molar-refractivity contribution in [2.75, 3.05) is 17.3 Å². The first-order valence-corrected chi connectivity index (χ1v) is 6.81. The summed E-state index contributed by atoms with van der Waals surface area (Å²) in [6.07, 6.45) is 4.97. The molecule has 18 heavy (non-hydrogen) atoms. The molecule has 0 fully saturated rings. The molecule has 1 amide bonds. The fourth-order valence-electron chi connectivity index (χ4n) is 1.31. The summed E-state index contributed by atoms with van der Waals surface area (Å²) in [5, 5.41) is 11.3. The molecule has 0 aromatic heterocycles. The van der Waals surface area contributed by atoms with Crippen LogP contribution in [0, 0.1) is 0 Å². The molecule has 0 aliphatic carbocycles. The second kappa shape index (κ2) is 7.55. The molecule has 96 valence electrons.